The van der Waals surface area contributed by atoms with Gasteiger partial charge >= 0.3 is 0 Å². The van der Waals surface area contributed by atoms with Crippen molar-refractivity contribution in [1.29, 1.82) is 0 Å². The van der Waals surface area contributed by atoms with Gasteiger partial charge < -0.3 is 10.5 Å². The van der Waals surface area contributed by atoms with Crippen molar-refractivity contribution in [3.05, 3.63) is 23.8 Å². The summed E-state index contributed by atoms with van der Waals surface area (Å²) in [5, 5.41) is 0. The third-order valence-corrected chi connectivity index (χ3v) is 3.21. The minimum absolute atomic E-state index is 0.0231. The van der Waals surface area contributed by atoms with Gasteiger partial charge in [-0.1, -0.05) is 6.07 Å². The third kappa shape index (κ3) is 2.40. The van der Waals surface area contributed by atoms with Crippen LogP contribution in [0.15, 0.2) is 23.1 Å². The van der Waals surface area contributed by atoms with Gasteiger partial charge in [-0.05, 0) is 12.1 Å². The second-order valence-corrected chi connectivity index (χ2v) is 5.22. The zero-order chi connectivity index (χ0) is 12.3. The van der Waals surface area contributed by atoms with Crippen molar-refractivity contribution in [3.63, 3.8) is 0 Å². The lowest BCUT2D eigenvalue weighted by molar-refractivity contribution is 0.0995. The molecule has 0 fully saturated rings. The molecule has 1 rings (SSSR count). The van der Waals surface area contributed by atoms with Crippen molar-refractivity contribution in [3.8, 4) is 5.75 Å². The summed E-state index contributed by atoms with van der Waals surface area (Å²) in [5.74, 6) is -0.240. The van der Waals surface area contributed by atoms with E-state index in [0.717, 1.165) is 6.26 Å². The number of hydrogen-bond donors (Lipinski definition) is 1. The van der Waals surface area contributed by atoms with Crippen molar-refractivity contribution in [1.82, 2.24) is 0 Å². The van der Waals surface area contributed by atoms with Gasteiger partial charge in [0.2, 0.25) is 0 Å². The fourth-order valence-electron chi connectivity index (χ4n) is 1.37. The maximum Gasteiger partial charge on any atom is 0.181 e. The molecule has 0 amide bonds. The van der Waals surface area contributed by atoms with E-state index in [9.17, 15) is 13.2 Å². The summed E-state index contributed by atoms with van der Waals surface area (Å²) in [6, 6.07) is 4.40. The molecule has 6 heteroatoms. The summed E-state index contributed by atoms with van der Waals surface area (Å²) < 4.78 is 28.0. The molecule has 0 radical (unpaired) electrons. The van der Waals surface area contributed by atoms with Gasteiger partial charge in [-0.3, -0.25) is 4.79 Å². The quantitative estimate of drug-likeness (QED) is 0.765. The molecule has 0 saturated heterocycles. The van der Waals surface area contributed by atoms with E-state index in [2.05, 4.69) is 0 Å². The number of hydrogen-bond acceptors (Lipinski definition) is 5. The van der Waals surface area contributed by atoms with Gasteiger partial charge in [0.05, 0.1) is 24.1 Å². The van der Waals surface area contributed by atoms with Crippen LogP contribution in [0.2, 0.25) is 0 Å². The van der Waals surface area contributed by atoms with Crippen LogP contribution in [0.3, 0.4) is 0 Å². The molecule has 0 aliphatic heterocycles. The summed E-state index contributed by atoms with van der Waals surface area (Å²) in [6.07, 6.45) is 1.04. The first-order chi connectivity index (χ1) is 7.41. The van der Waals surface area contributed by atoms with Crippen LogP contribution < -0.4 is 10.5 Å². The lowest BCUT2D eigenvalue weighted by Crippen LogP contribution is -2.18. The number of nitrogens with two attached hydrogens (primary N) is 1. The predicted molar refractivity (Wildman–Crippen MR) is 59.5 cm³/mol. The first kappa shape index (κ1) is 12.7. The standard InChI is InChI=1S/C10H13NO4S/c1-15-8-4-3-5-9(16(2,13)14)10(8)7(12)6-11/h3-5H,6,11H2,1-2H3. The van der Waals surface area contributed by atoms with Gasteiger partial charge in [-0.2, -0.15) is 0 Å². The Kier molecular flexibility index (Phi) is 3.66. The monoisotopic (exact) mass is 243 g/mol. The van der Waals surface area contributed by atoms with Crippen LogP contribution in [0.4, 0.5) is 0 Å². The molecule has 0 heterocycles. The first-order valence-electron chi connectivity index (χ1n) is 4.52. The van der Waals surface area contributed by atoms with Gasteiger partial charge in [0.1, 0.15) is 5.75 Å². The number of sulfone groups is 1. The Balaban J connectivity index is 3.57. The molecule has 0 saturated carbocycles. The number of methoxy groups -OCH3 is 1. The lowest BCUT2D eigenvalue weighted by atomic mass is 10.1. The molecule has 0 aliphatic carbocycles. The van der Waals surface area contributed by atoms with E-state index in [0.29, 0.717) is 0 Å². The highest BCUT2D eigenvalue weighted by Crippen LogP contribution is 2.26. The number of carbonyl (C=O) groups is 1. The van der Waals surface area contributed by atoms with Crippen LogP contribution in [0, 0.1) is 0 Å². The molecule has 0 atom stereocenters. The number of Topliss-reactive ketones (excluding diaryl/α,β-unsaturated/α-hetero) is 1. The summed E-state index contributed by atoms with van der Waals surface area (Å²) in [5.41, 5.74) is 5.26. The molecule has 0 aliphatic rings. The number of rotatable bonds is 4. The van der Waals surface area contributed by atoms with Crippen LogP contribution in [0.25, 0.3) is 0 Å². The number of ether oxygens (including phenoxy) is 1. The van der Waals surface area contributed by atoms with Crippen LogP contribution in [-0.2, 0) is 9.84 Å². The molecule has 1 aromatic carbocycles. The molecule has 0 aromatic heterocycles. The number of benzene rings is 1. The number of carbonyl (C=O) groups excluding carboxylic acids is 1. The summed E-state index contributed by atoms with van der Waals surface area (Å²) in [7, 11) is -2.11. The Morgan fingerprint density at radius 3 is 2.50 bits per heavy atom. The number of ketones is 1. The molecule has 0 unspecified atom stereocenters. The maximum atomic E-state index is 11.6. The SMILES string of the molecule is COc1cccc(S(C)(=O)=O)c1C(=O)CN. The van der Waals surface area contributed by atoms with E-state index in [1.54, 1.807) is 0 Å². The van der Waals surface area contributed by atoms with E-state index in [4.69, 9.17) is 10.5 Å². The highest BCUT2D eigenvalue weighted by Gasteiger charge is 2.21. The minimum Gasteiger partial charge on any atom is -0.496 e. The largest absolute Gasteiger partial charge is 0.496 e. The molecule has 16 heavy (non-hydrogen) atoms. The van der Waals surface area contributed by atoms with Gasteiger partial charge in [0.25, 0.3) is 0 Å². The Morgan fingerprint density at radius 1 is 1.44 bits per heavy atom. The topological polar surface area (TPSA) is 86.5 Å². The normalized spacial score (nSPS) is 11.2. The predicted octanol–water partition coefficient (Wildman–Crippen LogP) is 0.240. The molecule has 0 spiro atoms. The van der Waals surface area contributed by atoms with Gasteiger partial charge in [-0.25, -0.2) is 8.42 Å². The van der Waals surface area contributed by atoms with Crippen molar-refractivity contribution < 1.29 is 17.9 Å². The highest BCUT2D eigenvalue weighted by atomic mass is 32.2. The van der Waals surface area contributed by atoms with E-state index in [1.165, 1.54) is 25.3 Å². The fourth-order valence-corrected chi connectivity index (χ4v) is 2.28. The lowest BCUT2D eigenvalue weighted by Gasteiger charge is -2.10. The maximum absolute atomic E-state index is 11.6. The Bertz CT molecular complexity index is 508. The minimum atomic E-state index is -3.48. The molecule has 88 valence electrons. The summed E-state index contributed by atoms with van der Waals surface area (Å²) in [6.45, 7) is -0.261. The van der Waals surface area contributed by atoms with E-state index >= 15 is 0 Å². The van der Waals surface area contributed by atoms with Crippen molar-refractivity contribution in [2.45, 2.75) is 4.90 Å². The summed E-state index contributed by atoms with van der Waals surface area (Å²) >= 11 is 0. The Labute approximate surface area is 94.1 Å². The molecular weight excluding hydrogens is 230 g/mol. The van der Waals surface area contributed by atoms with Crippen LogP contribution in [0.5, 0.6) is 5.75 Å². The van der Waals surface area contributed by atoms with Crippen LogP contribution >= 0.6 is 0 Å². The second kappa shape index (κ2) is 4.63. The third-order valence-electron chi connectivity index (χ3n) is 2.07. The second-order valence-electron chi connectivity index (χ2n) is 3.23. The van der Waals surface area contributed by atoms with Gasteiger partial charge in [0.15, 0.2) is 15.6 Å². The van der Waals surface area contributed by atoms with E-state index in [1.807, 2.05) is 0 Å². The summed E-state index contributed by atoms with van der Waals surface area (Å²) in [4.78, 5) is 11.5. The average molecular weight is 243 g/mol. The smallest absolute Gasteiger partial charge is 0.181 e. The van der Waals surface area contributed by atoms with Crippen molar-refractivity contribution in [2.75, 3.05) is 19.9 Å². The molecule has 2 N–H and O–H groups in total. The molecule has 5 nitrogen and oxygen atoms in total. The Morgan fingerprint density at radius 2 is 2.06 bits per heavy atom. The average Bonchev–Trinajstić information content (AvgIpc) is 2.25. The first-order valence-corrected chi connectivity index (χ1v) is 6.41. The Hall–Kier alpha value is -1.40. The van der Waals surface area contributed by atoms with E-state index < -0.39 is 15.6 Å². The highest BCUT2D eigenvalue weighted by molar-refractivity contribution is 7.90. The van der Waals surface area contributed by atoms with Crippen LogP contribution in [-0.4, -0.2) is 34.1 Å². The van der Waals surface area contributed by atoms with Crippen molar-refractivity contribution in [2.24, 2.45) is 5.73 Å². The zero-order valence-electron chi connectivity index (χ0n) is 9.06. The molecular formula is C10H13NO4S. The van der Waals surface area contributed by atoms with E-state index in [-0.39, 0.29) is 22.8 Å². The van der Waals surface area contributed by atoms with Crippen LogP contribution in [0.1, 0.15) is 10.4 Å². The molecule has 0 bridgehead atoms. The van der Waals surface area contributed by atoms with Gasteiger partial charge in [-0.15, -0.1) is 0 Å². The van der Waals surface area contributed by atoms with Gasteiger partial charge in [0, 0.05) is 6.26 Å². The zero-order valence-corrected chi connectivity index (χ0v) is 9.87. The molecule has 1 aromatic rings. The van der Waals surface area contributed by atoms with Crippen molar-refractivity contribution >= 4 is 15.6 Å². The fraction of sp³-hybridized carbons (Fsp3) is 0.300.